The van der Waals surface area contributed by atoms with Crippen LogP contribution >= 0.6 is 0 Å². The van der Waals surface area contributed by atoms with Crippen LogP contribution in [0, 0.1) is 13.8 Å². The number of ether oxygens (including phenoxy) is 1. The highest BCUT2D eigenvalue weighted by atomic mass is 19.4. The van der Waals surface area contributed by atoms with Crippen molar-refractivity contribution < 1.29 is 27.5 Å². The molecule has 0 bridgehead atoms. The number of amides is 1. The van der Waals surface area contributed by atoms with E-state index in [9.17, 15) is 22.8 Å². The highest BCUT2D eigenvalue weighted by Gasteiger charge is 2.63. The number of aryl methyl sites for hydroxylation is 2. The first kappa shape index (κ1) is 18.8. The Kier molecular flexibility index (Phi) is 5.63. The molecule has 128 valence electrons. The Hall–Kier alpha value is -2.25. The molecule has 0 fully saturated rings. The van der Waals surface area contributed by atoms with Crippen LogP contribution in [-0.2, 0) is 14.3 Å². The monoisotopic (exact) mass is 332 g/mol. The Morgan fingerprint density at radius 1 is 1.22 bits per heavy atom. The number of esters is 1. The van der Waals surface area contributed by atoms with Gasteiger partial charge in [-0.05, 0) is 32.4 Å². The highest BCUT2D eigenvalue weighted by Crippen LogP contribution is 2.34. The third-order valence-electron chi connectivity index (χ3n) is 3.07. The highest BCUT2D eigenvalue weighted by molar-refractivity contribution is 5.91. The molecule has 1 rings (SSSR count). The number of carbonyl (C=O) groups excluding carboxylic acids is 2. The normalized spacial score (nSPS) is 13.9. The molecule has 1 aromatic carbocycles. The maximum Gasteiger partial charge on any atom is 0.441 e. The van der Waals surface area contributed by atoms with Gasteiger partial charge < -0.3 is 15.4 Å². The van der Waals surface area contributed by atoms with Crippen molar-refractivity contribution in [1.82, 2.24) is 5.32 Å². The summed E-state index contributed by atoms with van der Waals surface area (Å²) in [4.78, 5) is 23.3. The fourth-order valence-corrected chi connectivity index (χ4v) is 2.05. The molecule has 0 saturated heterocycles. The van der Waals surface area contributed by atoms with Crippen molar-refractivity contribution in [2.45, 2.75) is 39.5 Å². The molecular formula is C15H19F3N2O3. The number of alkyl halides is 3. The Balaban J connectivity index is 3.41. The van der Waals surface area contributed by atoms with Gasteiger partial charge in [-0.1, -0.05) is 17.7 Å². The second-order valence-corrected chi connectivity index (χ2v) is 5.09. The summed E-state index contributed by atoms with van der Waals surface area (Å²) in [5.41, 5.74) is -1.95. The molecule has 5 nitrogen and oxygen atoms in total. The molecule has 2 N–H and O–H groups in total. The molecule has 0 unspecified atom stereocenters. The minimum atomic E-state index is -5.11. The van der Waals surface area contributed by atoms with E-state index in [0.29, 0.717) is 5.56 Å². The number of anilines is 1. The van der Waals surface area contributed by atoms with Gasteiger partial charge in [0.25, 0.3) is 0 Å². The van der Waals surface area contributed by atoms with Gasteiger partial charge in [0.15, 0.2) is 0 Å². The standard InChI is InChI=1S/C15H19F3N2O3/c1-5-23-13(22)14(15(16,17)18,19-11(4)21)20-12-7-6-9(2)8-10(12)3/h6-8,20H,5H2,1-4H3,(H,19,21)/t14-/m1/s1. The number of hydrogen-bond acceptors (Lipinski definition) is 4. The van der Waals surface area contributed by atoms with E-state index in [0.717, 1.165) is 12.5 Å². The van der Waals surface area contributed by atoms with Crippen LogP contribution in [0.15, 0.2) is 18.2 Å². The van der Waals surface area contributed by atoms with Gasteiger partial charge in [0.05, 0.1) is 6.61 Å². The van der Waals surface area contributed by atoms with Gasteiger partial charge >= 0.3 is 17.8 Å². The van der Waals surface area contributed by atoms with E-state index in [1.165, 1.54) is 13.0 Å². The number of hydrogen-bond donors (Lipinski definition) is 2. The van der Waals surface area contributed by atoms with Gasteiger partial charge in [0.1, 0.15) is 0 Å². The second kappa shape index (κ2) is 6.89. The van der Waals surface area contributed by atoms with Crippen molar-refractivity contribution >= 4 is 17.6 Å². The fraction of sp³-hybridized carbons (Fsp3) is 0.467. The van der Waals surface area contributed by atoms with Crippen LogP contribution in [0.2, 0.25) is 0 Å². The van der Waals surface area contributed by atoms with E-state index in [2.05, 4.69) is 10.1 Å². The average molecular weight is 332 g/mol. The van der Waals surface area contributed by atoms with Crippen molar-refractivity contribution in [3.63, 3.8) is 0 Å². The van der Waals surface area contributed by atoms with Gasteiger partial charge in [-0.2, -0.15) is 13.2 Å². The smallest absolute Gasteiger partial charge is 0.441 e. The Morgan fingerprint density at radius 3 is 2.26 bits per heavy atom. The third-order valence-corrected chi connectivity index (χ3v) is 3.07. The third kappa shape index (κ3) is 4.14. The van der Waals surface area contributed by atoms with E-state index in [-0.39, 0.29) is 12.3 Å². The predicted octanol–water partition coefficient (Wildman–Crippen LogP) is 2.67. The molecule has 0 spiro atoms. The van der Waals surface area contributed by atoms with E-state index in [1.54, 1.807) is 31.3 Å². The minimum absolute atomic E-state index is 0.0646. The first-order valence-corrected chi connectivity index (χ1v) is 6.91. The van der Waals surface area contributed by atoms with E-state index in [1.807, 2.05) is 0 Å². The lowest BCUT2D eigenvalue weighted by molar-refractivity contribution is -0.207. The van der Waals surface area contributed by atoms with Crippen molar-refractivity contribution in [2.75, 3.05) is 11.9 Å². The van der Waals surface area contributed by atoms with Gasteiger partial charge in [-0.25, -0.2) is 4.79 Å². The van der Waals surface area contributed by atoms with Gasteiger partial charge in [0.2, 0.25) is 5.91 Å². The molecule has 0 aliphatic carbocycles. The van der Waals surface area contributed by atoms with Crippen LogP contribution in [0.5, 0.6) is 0 Å². The molecule has 0 saturated carbocycles. The molecule has 1 aromatic rings. The molecule has 8 heteroatoms. The average Bonchev–Trinajstić information content (AvgIpc) is 2.39. The molecule has 0 aliphatic heterocycles. The quantitative estimate of drug-likeness (QED) is 0.643. The summed E-state index contributed by atoms with van der Waals surface area (Å²) in [6.45, 7) is 5.39. The van der Waals surface area contributed by atoms with Crippen LogP contribution in [0.4, 0.5) is 18.9 Å². The SMILES string of the molecule is CCOC(=O)[C@@](NC(C)=O)(Nc1ccc(C)cc1C)C(F)(F)F. The summed E-state index contributed by atoms with van der Waals surface area (Å²) in [7, 11) is 0. The summed E-state index contributed by atoms with van der Waals surface area (Å²) < 4.78 is 45.4. The summed E-state index contributed by atoms with van der Waals surface area (Å²) in [6, 6.07) is 4.66. The molecule has 23 heavy (non-hydrogen) atoms. The lowest BCUT2D eigenvalue weighted by atomic mass is 10.1. The lowest BCUT2D eigenvalue weighted by Gasteiger charge is -2.35. The summed E-state index contributed by atoms with van der Waals surface area (Å²) in [6.07, 6.45) is -5.11. The van der Waals surface area contributed by atoms with Crippen molar-refractivity contribution in [3.8, 4) is 0 Å². The summed E-state index contributed by atoms with van der Waals surface area (Å²) in [5, 5.41) is 3.77. The van der Waals surface area contributed by atoms with E-state index in [4.69, 9.17) is 0 Å². The molecule has 1 atom stereocenters. The van der Waals surface area contributed by atoms with Gasteiger partial charge in [0, 0.05) is 12.6 Å². The Labute approximate surface area is 132 Å². The predicted molar refractivity (Wildman–Crippen MR) is 78.8 cm³/mol. The van der Waals surface area contributed by atoms with Crippen molar-refractivity contribution in [2.24, 2.45) is 0 Å². The zero-order valence-electron chi connectivity index (χ0n) is 13.3. The zero-order valence-corrected chi connectivity index (χ0v) is 13.3. The molecule has 0 aliphatic rings. The van der Waals surface area contributed by atoms with Crippen molar-refractivity contribution in [3.05, 3.63) is 29.3 Å². The Morgan fingerprint density at radius 2 is 1.83 bits per heavy atom. The fourth-order valence-electron chi connectivity index (χ4n) is 2.05. The molecule has 0 radical (unpaired) electrons. The first-order valence-electron chi connectivity index (χ1n) is 6.91. The number of carbonyl (C=O) groups is 2. The Bertz CT molecular complexity index is 602. The van der Waals surface area contributed by atoms with Crippen LogP contribution in [0.3, 0.4) is 0 Å². The topological polar surface area (TPSA) is 67.4 Å². The van der Waals surface area contributed by atoms with E-state index < -0.39 is 23.7 Å². The van der Waals surface area contributed by atoms with Crippen LogP contribution in [-0.4, -0.2) is 30.3 Å². The number of rotatable bonds is 5. The maximum atomic E-state index is 13.6. The van der Waals surface area contributed by atoms with Crippen LogP contribution in [0.1, 0.15) is 25.0 Å². The second-order valence-electron chi connectivity index (χ2n) is 5.09. The molecule has 1 amide bonds. The first-order chi connectivity index (χ1) is 10.5. The minimum Gasteiger partial charge on any atom is -0.463 e. The van der Waals surface area contributed by atoms with Gasteiger partial charge in [-0.3, -0.25) is 4.79 Å². The van der Waals surface area contributed by atoms with Crippen LogP contribution < -0.4 is 10.6 Å². The summed E-state index contributed by atoms with van der Waals surface area (Å²) >= 11 is 0. The van der Waals surface area contributed by atoms with E-state index >= 15 is 0 Å². The van der Waals surface area contributed by atoms with Crippen LogP contribution in [0.25, 0.3) is 0 Å². The largest absolute Gasteiger partial charge is 0.463 e. The molecule has 0 aromatic heterocycles. The van der Waals surface area contributed by atoms with Crippen molar-refractivity contribution in [1.29, 1.82) is 0 Å². The molecular weight excluding hydrogens is 313 g/mol. The summed E-state index contributed by atoms with van der Waals surface area (Å²) in [5.74, 6) is -2.64. The molecule has 0 heterocycles. The number of halogens is 3. The lowest BCUT2D eigenvalue weighted by Crippen LogP contribution is -2.69. The zero-order chi connectivity index (χ0) is 17.8. The maximum absolute atomic E-state index is 13.6. The number of benzene rings is 1. The van der Waals surface area contributed by atoms with Gasteiger partial charge in [-0.15, -0.1) is 0 Å². The number of nitrogens with one attached hydrogen (secondary N) is 2.